The first-order chi connectivity index (χ1) is 12.8. The zero-order valence-electron chi connectivity index (χ0n) is 15.2. The fourth-order valence-electron chi connectivity index (χ4n) is 2.30. The highest BCUT2D eigenvalue weighted by Gasteiger charge is 2.27. The number of furan rings is 1. The van der Waals surface area contributed by atoms with Gasteiger partial charge in [-0.15, -0.1) is 0 Å². The number of amides is 2. The molecule has 2 N–H and O–H groups in total. The monoisotopic (exact) mass is 392 g/mol. The Morgan fingerprint density at radius 3 is 2.56 bits per heavy atom. The predicted molar refractivity (Wildman–Crippen MR) is 101 cm³/mol. The Morgan fingerprint density at radius 2 is 1.96 bits per heavy atom. The first kappa shape index (κ1) is 20.5. The average Bonchev–Trinajstić information content (AvgIpc) is 3.14. The summed E-state index contributed by atoms with van der Waals surface area (Å²) in [6, 6.07) is 7.17. The molecule has 0 aliphatic rings. The Morgan fingerprint density at radius 1 is 1.22 bits per heavy atom. The molecule has 1 aromatic heterocycles. The van der Waals surface area contributed by atoms with E-state index in [-0.39, 0.29) is 11.7 Å². The van der Waals surface area contributed by atoms with E-state index >= 15 is 0 Å². The van der Waals surface area contributed by atoms with Gasteiger partial charge in [-0.25, -0.2) is 4.79 Å². The summed E-state index contributed by atoms with van der Waals surface area (Å²) in [5.74, 6) is -1.87. The van der Waals surface area contributed by atoms with Crippen molar-refractivity contribution in [2.24, 2.45) is 5.92 Å². The number of esters is 1. The Labute approximate surface area is 162 Å². The third-order valence-electron chi connectivity index (χ3n) is 3.76. The van der Waals surface area contributed by atoms with E-state index in [2.05, 4.69) is 10.6 Å². The average molecular weight is 393 g/mol. The van der Waals surface area contributed by atoms with Gasteiger partial charge in [0.05, 0.1) is 6.26 Å². The third-order valence-corrected chi connectivity index (χ3v) is 4.00. The van der Waals surface area contributed by atoms with Crippen LogP contribution in [0.1, 0.15) is 30.0 Å². The lowest BCUT2D eigenvalue weighted by molar-refractivity contribution is -0.150. The summed E-state index contributed by atoms with van der Waals surface area (Å²) in [5.41, 5.74) is 1.36. The number of nitrogens with one attached hydrogen (secondary N) is 2. The second kappa shape index (κ2) is 9.23. The maximum Gasteiger partial charge on any atom is 0.329 e. The van der Waals surface area contributed by atoms with Gasteiger partial charge in [0.2, 0.25) is 0 Å². The molecule has 1 aromatic carbocycles. The molecule has 2 aromatic rings. The molecule has 1 heterocycles. The van der Waals surface area contributed by atoms with E-state index in [1.807, 2.05) is 0 Å². The molecule has 7 nitrogen and oxygen atoms in total. The van der Waals surface area contributed by atoms with E-state index < -0.39 is 30.4 Å². The fraction of sp³-hybridized carbons (Fsp3) is 0.316. The second-order valence-corrected chi connectivity index (χ2v) is 6.72. The molecule has 8 heteroatoms. The zero-order chi connectivity index (χ0) is 20.0. The minimum atomic E-state index is -0.910. The molecule has 0 aliphatic heterocycles. The lowest BCUT2D eigenvalue weighted by Crippen LogP contribution is -2.45. The molecule has 0 unspecified atom stereocenters. The van der Waals surface area contributed by atoms with E-state index in [1.54, 1.807) is 45.0 Å². The van der Waals surface area contributed by atoms with Crippen molar-refractivity contribution in [2.75, 3.05) is 11.9 Å². The Kier molecular flexibility index (Phi) is 7.01. The normalized spacial score (nSPS) is 11.7. The molecule has 0 saturated carbocycles. The zero-order valence-corrected chi connectivity index (χ0v) is 16.0. The van der Waals surface area contributed by atoms with Crippen LogP contribution < -0.4 is 10.6 Å². The van der Waals surface area contributed by atoms with Crippen LogP contribution in [0.25, 0.3) is 0 Å². The molecule has 0 bridgehead atoms. The third kappa shape index (κ3) is 5.86. The summed E-state index contributed by atoms with van der Waals surface area (Å²) >= 11 is 5.88. The number of hydrogen-bond acceptors (Lipinski definition) is 5. The number of ether oxygens (including phenoxy) is 1. The van der Waals surface area contributed by atoms with Gasteiger partial charge in [0.25, 0.3) is 11.8 Å². The summed E-state index contributed by atoms with van der Waals surface area (Å²) in [6.07, 6.45) is 1.36. The second-order valence-electron chi connectivity index (χ2n) is 6.29. The van der Waals surface area contributed by atoms with E-state index in [9.17, 15) is 14.4 Å². The van der Waals surface area contributed by atoms with Crippen LogP contribution in [-0.4, -0.2) is 30.4 Å². The van der Waals surface area contributed by atoms with Crippen molar-refractivity contribution < 1.29 is 23.5 Å². The maximum atomic E-state index is 12.3. The number of halogens is 1. The Bertz CT molecular complexity index is 818. The SMILES string of the molecule is Cc1cc(Cl)ccc1NC(=O)COC(=O)[C@@H](NC(=O)c1ccco1)C(C)C. The highest BCUT2D eigenvalue weighted by atomic mass is 35.5. The van der Waals surface area contributed by atoms with E-state index in [1.165, 1.54) is 12.3 Å². The first-order valence-corrected chi connectivity index (χ1v) is 8.72. The number of carbonyl (C=O) groups excluding carboxylic acids is 3. The number of benzene rings is 1. The predicted octanol–water partition coefficient (Wildman–Crippen LogP) is 3.18. The van der Waals surface area contributed by atoms with Crippen molar-refractivity contribution in [3.63, 3.8) is 0 Å². The minimum Gasteiger partial charge on any atom is -0.459 e. The number of carbonyl (C=O) groups is 3. The number of aryl methyl sites for hydroxylation is 1. The van der Waals surface area contributed by atoms with Crippen molar-refractivity contribution in [3.05, 3.63) is 52.9 Å². The largest absolute Gasteiger partial charge is 0.459 e. The van der Waals surface area contributed by atoms with Gasteiger partial charge in [0.15, 0.2) is 12.4 Å². The smallest absolute Gasteiger partial charge is 0.329 e. The molecule has 0 radical (unpaired) electrons. The fourth-order valence-corrected chi connectivity index (χ4v) is 2.52. The molecule has 1 atom stereocenters. The van der Waals surface area contributed by atoms with E-state index in [0.29, 0.717) is 10.7 Å². The van der Waals surface area contributed by atoms with E-state index in [4.69, 9.17) is 20.8 Å². The molecule has 2 rings (SSSR count). The molecule has 0 aliphatic carbocycles. The van der Waals surface area contributed by atoms with Crippen molar-refractivity contribution in [1.29, 1.82) is 0 Å². The lowest BCUT2D eigenvalue weighted by atomic mass is 10.0. The summed E-state index contributed by atoms with van der Waals surface area (Å²) < 4.78 is 10.1. The molecule has 27 heavy (non-hydrogen) atoms. The van der Waals surface area contributed by atoms with E-state index in [0.717, 1.165) is 5.56 Å². The van der Waals surface area contributed by atoms with Crippen LogP contribution in [0, 0.1) is 12.8 Å². The van der Waals surface area contributed by atoms with Crippen LogP contribution in [0.5, 0.6) is 0 Å². The summed E-state index contributed by atoms with van der Waals surface area (Å²) in [7, 11) is 0. The molecule has 2 amide bonds. The Hall–Kier alpha value is -2.80. The lowest BCUT2D eigenvalue weighted by Gasteiger charge is -2.20. The molecule has 144 valence electrons. The van der Waals surface area contributed by atoms with Gasteiger partial charge in [-0.05, 0) is 48.7 Å². The number of hydrogen-bond donors (Lipinski definition) is 2. The van der Waals surface area contributed by atoms with Gasteiger partial charge in [-0.3, -0.25) is 9.59 Å². The Balaban J connectivity index is 1.91. The van der Waals surface area contributed by atoms with Gasteiger partial charge >= 0.3 is 5.97 Å². The van der Waals surface area contributed by atoms with Crippen LogP contribution in [0.3, 0.4) is 0 Å². The van der Waals surface area contributed by atoms with Crippen molar-refractivity contribution >= 4 is 35.1 Å². The molecular formula is C19H21ClN2O5. The van der Waals surface area contributed by atoms with Gasteiger partial charge in [0, 0.05) is 10.7 Å². The van der Waals surface area contributed by atoms with Crippen LogP contribution in [0.15, 0.2) is 41.0 Å². The topological polar surface area (TPSA) is 97.6 Å². The minimum absolute atomic E-state index is 0.0874. The van der Waals surface area contributed by atoms with Crippen LogP contribution in [0.4, 0.5) is 5.69 Å². The van der Waals surface area contributed by atoms with Crippen molar-refractivity contribution in [3.8, 4) is 0 Å². The van der Waals surface area contributed by atoms with Gasteiger partial charge in [-0.2, -0.15) is 0 Å². The summed E-state index contributed by atoms with van der Waals surface area (Å²) in [5, 5.41) is 5.76. The van der Waals surface area contributed by atoms with Crippen molar-refractivity contribution in [2.45, 2.75) is 26.8 Å². The molecular weight excluding hydrogens is 372 g/mol. The number of anilines is 1. The highest BCUT2D eigenvalue weighted by Crippen LogP contribution is 2.19. The highest BCUT2D eigenvalue weighted by molar-refractivity contribution is 6.30. The van der Waals surface area contributed by atoms with Crippen LogP contribution >= 0.6 is 11.6 Å². The van der Waals surface area contributed by atoms with Gasteiger partial charge < -0.3 is 19.8 Å². The van der Waals surface area contributed by atoms with Gasteiger partial charge in [-0.1, -0.05) is 25.4 Å². The quantitative estimate of drug-likeness (QED) is 0.705. The molecule has 0 spiro atoms. The molecule has 0 fully saturated rings. The van der Waals surface area contributed by atoms with Crippen LogP contribution in [-0.2, 0) is 14.3 Å². The van der Waals surface area contributed by atoms with Crippen molar-refractivity contribution in [1.82, 2.24) is 5.32 Å². The van der Waals surface area contributed by atoms with Gasteiger partial charge in [0.1, 0.15) is 6.04 Å². The number of rotatable bonds is 7. The first-order valence-electron chi connectivity index (χ1n) is 8.35. The summed E-state index contributed by atoms with van der Waals surface area (Å²) in [6.45, 7) is 4.84. The summed E-state index contributed by atoms with van der Waals surface area (Å²) in [4.78, 5) is 36.4. The van der Waals surface area contributed by atoms with Crippen LogP contribution in [0.2, 0.25) is 5.02 Å². The maximum absolute atomic E-state index is 12.3. The molecule has 0 saturated heterocycles. The standard InChI is InChI=1S/C19H21ClN2O5/c1-11(2)17(22-18(24)15-5-4-8-26-15)19(25)27-10-16(23)21-14-7-6-13(20)9-12(14)3/h4-9,11,17H,10H2,1-3H3,(H,21,23)(H,22,24)/t17-/m0/s1.